The lowest BCUT2D eigenvalue weighted by Gasteiger charge is -2.50. The third-order valence-corrected chi connectivity index (χ3v) is 6.10. The molecule has 25 heavy (non-hydrogen) atoms. The molecule has 0 aromatic heterocycles. The lowest BCUT2D eigenvalue weighted by atomic mass is 9.55. The van der Waals surface area contributed by atoms with E-state index in [0.717, 1.165) is 17.5 Å². The highest BCUT2D eigenvalue weighted by molar-refractivity contribution is 7.80. The molecule has 0 aliphatic heterocycles. The molecule has 5 rings (SSSR count). The van der Waals surface area contributed by atoms with Gasteiger partial charge in [-0.15, -0.1) is 0 Å². The zero-order valence-electron chi connectivity index (χ0n) is 14.7. The van der Waals surface area contributed by atoms with Crippen molar-refractivity contribution in [1.82, 2.24) is 5.43 Å². The maximum Gasteiger partial charge on any atom is 0.191 e. The Morgan fingerprint density at radius 1 is 1.00 bits per heavy atom. The highest BCUT2D eigenvalue weighted by Gasteiger charge is 2.46. The van der Waals surface area contributed by atoms with E-state index in [-0.39, 0.29) is 0 Å². The molecule has 4 saturated carbocycles. The van der Waals surface area contributed by atoms with Gasteiger partial charge in [-0.2, -0.15) is 5.10 Å². The van der Waals surface area contributed by atoms with Crippen LogP contribution < -0.4 is 20.2 Å². The van der Waals surface area contributed by atoms with Crippen LogP contribution in [0.2, 0.25) is 0 Å². The smallest absolute Gasteiger partial charge is 0.191 e. The van der Waals surface area contributed by atoms with Gasteiger partial charge in [0.05, 0.1) is 14.2 Å². The minimum atomic E-state index is 0.508. The number of rotatable bonds is 4. The van der Waals surface area contributed by atoms with Crippen molar-refractivity contribution < 1.29 is 9.47 Å². The Morgan fingerprint density at radius 2 is 1.64 bits per heavy atom. The third kappa shape index (κ3) is 3.32. The fourth-order valence-electron chi connectivity index (χ4n) is 5.04. The van der Waals surface area contributed by atoms with Crippen LogP contribution in [-0.4, -0.2) is 25.0 Å². The first-order valence-electron chi connectivity index (χ1n) is 9.02. The first-order valence-corrected chi connectivity index (χ1v) is 9.43. The van der Waals surface area contributed by atoms with Gasteiger partial charge in [0.2, 0.25) is 0 Å². The van der Waals surface area contributed by atoms with Crippen LogP contribution in [0.4, 0.5) is 5.69 Å². The van der Waals surface area contributed by atoms with Crippen LogP contribution in [0, 0.1) is 23.7 Å². The molecule has 0 unspecified atom stereocenters. The molecule has 4 aliphatic rings. The largest absolute Gasteiger partial charge is 0.493 e. The van der Waals surface area contributed by atoms with Gasteiger partial charge in [-0.05, 0) is 80.1 Å². The summed E-state index contributed by atoms with van der Waals surface area (Å²) in [7, 11) is 3.24. The van der Waals surface area contributed by atoms with E-state index >= 15 is 0 Å². The second-order valence-electron chi connectivity index (χ2n) is 7.48. The summed E-state index contributed by atoms with van der Waals surface area (Å²) in [5, 5.41) is 8.38. The summed E-state index contributed by atoms with van der Waals surface area (Å²) in [5.41, 5.74) is 5.26. The zero-order chi connectivity index (χ0) is 17.4. The summed E-state index contributed by atoms with van der Waals surface area (Å²) in [6.07, 6.45) is 6.74. The topological polar surface area (TPSA) is 54.9 Å². The lowest BCUT2D eigenvalue weighted by Crippen LogP contribution is -2.46. The standard InChI is InChI=1S/C19H25N3O2S/c1-23-16-4-3-15(10-17(16)24-2)20-19(25)22-21-18-13-6-11-5-12(8-13)9-14(18)7-11/h3-4,10-14H,5-9H2,1-2H3,(H2,20,22,25). The fourth-order valence-corrected chi connectivity index (χ4v) is 5.20. The van der Waals surface area contributed by atoms with Gasteiger partial charge >= 0.3 is 0 Å². The molecule has 1 aromatic rings. The van der Waals surface area contributed by atoms with E-state index in [2.05, 4.69) is 10.7 Å². The molecule has 0 heterocycles. The fraction of sp³-hybridized carbons (Fsp3) is 0.579. The Labute approximate surface area is 154 Å². The molecule has 0 spiro atoms. The van der Waals surface area contributed by atoms with Crippen molar-refractivity contribution in [2.24, 2.45) is 28.8 Å². The van der Waals surface area contributed by atoms with Gasteiger partial charge in [0.15, 0.2) is 16.6 Å². The van der Waals surface area contributed by atoms with Crippen LogP contribution in [0.3, 0.4) is 0 Å². The summed E-state index contributed by atoms with van der Waals surface area (Å²) in [5.74, 6) is 4.60. The highest BCUT2D eigenvalue weighted by Crippen LogP contribution is 2.52. The maximum atomic E-state index is 5.41. The number of ether oxygens (including phenoxy) is 2. The Morgan fingerprint density at radius 3 is 2.24 bits per heavy atom. The molecule has 1 aromatic carbocycles. The number of hydrogen-bond donors (Lipinski definition) is 2. The van der Waals surface area contributed by atoms with Crippen molar-refractivity contribution in [3.8, 4) is 11.5 Å². The second-order valence-corrected chi connectivity index (χ2v) is 7.89. The van der Waals surface area contributed by atoms with Crippen molar-refractivity contribution >= 4 is 28.7 Å². The SMILES string of the molecule is COc1ccc(NC(=S)NN=C2C3CC4CC(C3)CC2C4)cc1OC. The number of nitrogens with one attached hydrogen (secondary N) is 2. The number of benzene rings is 1. The normalized spacial score (nSPS) is 29.3. The van der Waals surface area contributed by atoms with Crippen molar-refractivity contribution in [2.45, 2.75) is 32.1 Å². The minimum Gasteiger partial charge on any atom is -0.493 e. The second kappa shape index (κ2) is 6.83. The average Bonchev–Trinajstić information content (AvgIpc) is 2.60. The minimum absolute atomic E-state index is 0.508. The number of methoxy groups -OCH3 is 2. The van der Waals surface area contributed by atoms with Gasteiger partial charge in [0.25, 0.3) is 0 Å². The van der Waals surface area contributed by atoms with E-state index < -0.39 is 0 Å². The molecule has 2 N–H and O–H groups in total. The number of hydrazone groups is 1. The number of nitrogens with zero attached hydrogens (tertiary/aromatic N) is 1. The van der Waals surface area contributed by atoms with E-state index in [1.54, 1.807) is 14.2 Å². The molecule has 0 atom stereocenters. The Kier molecular flexibility index (Phi) is 4.54. The molecule has 6 heteroatoms. The lowest BCUT2D eigenvalue weighted by molar-refractivity contribution is 0.108. The number of anilines is 1. The summed E-state index contributed by atoms with van der Waals surface area (Å²) in [4.78, 5) is 0. The Bertz CT molecular complexity index is 674. The van der Waals surface area contributed by atoms with E-state index in [4.69, 9.17) is 26.8 Å². The molecule has 134 valence electrons. The van der Waals surface area contributed by atoms with Crippen LogP contribution in [0.25, 0.3) is 0 Å². The van der Waals surface area contributed by atoms with E-state index in [9.17, 15) is 0 Å². The summed E-state index contributed by atoms with van der Waals surface area (Å²) in [6.45, 7) is 0. The summed E-state index contributed by atoms with van der Waals surface area (Å²) < 4.78 is 10.6. The molecular formula is C19H25N3O2S. The summed E-state index contributed by atoms with van der Waals surface area (Å²) in [6, 6.07) is 5.63. The van der Waals surface area contributed by atoms with Crippen LogP contribution in [0.15, 0.2) is 23.3 Å². The zero-order valence-corrected chi connectivity index (χ0v) is 15.6. The molecule has 0 saturated heterocycles. The molecule has 4 aliphatic carbocycles. The summed E-state index contributed by atoms with van der Waals surface area (Å²) >= 11 is 5.41. The average molecular weight is 359 g/mol. The monoisotopic (exact) mass is 359 g/mol. The first kappa shape index (κ1) is 16.6. The van der Waals surface area contributed by atoms with E-state index in [0.29, 0.717) is 28.4 Å². The predicted octanol–water partition coefficient (Wildman–Crippen LogP) is 3.80. The van der Waals surface area contributed by atoms with Crippen LogP contribution >= 0.6 is 12.2 Å². The Hall–Kier alpha value is -1.82. The Balaban J connectivity index is 1.39. The predicted molar refractivity (Wildman–Crippen MR) is 103 cm³/mol. The molecule has 0 radical (unpaired) electrons. The van der Waals surface area contributed by atoms with Crippen LogP contribution in [-0.2, 0) is 0 Å². The van der Waals surface area contributed by atoms with Gasteiger partial charge in [-0.25, -0.2) is 0 Å². The number of hydrogen-bond acceptors (Lipinski definition) is 4. The quantitative estimate of drug-likeness (QED) is 0.633. The maximum absolute atomic E-state index is 5.41. The van der Waals surface area contributed by atoms with Crippen molar-refractivity contribution in [3.63, 3.8) is 0 Å². The highest BCUT2D eigenvalue weighted by atomic mass is 32.1. The van der Waals surface area contributed by atoms with Gasteiger partial charge < -0.3 is 14.8 Å². The van der Waals surface area contributed by atoms with Crippen molar-refractivity contribution in [3.05, 3.63) is 18.2 Å². The van der Waals surface area contributed by atoms with Crippen LogP contribution in [0.1, 0.15) is 32.1 Å². The third-order valence-electron chi connectivity index (χ3n) is 5.90. The van der Waals surface area contributed by atoms with Crippen LogP contribution in [0.5, 0.6) is 11.5 Å². The molecule has 4 fully saturated rings. The van der Waals surface area contributed by atoms with E-state index in [1.807, 2.05) is 18.2 Å². The van der Waals surface area contributed by atoms with Gasteiger partial charge in [-0.3, -0.25) is 5.43 Å². The molecule has 5 nitrogen and oxygen atoms in total. The van der Waals surface area contributed by atoms with Gasteiger partial charge in [0, 0.05) is 17.5 Å². The molecule has 0 amide bonds. The van der Waals surface area contributed by atoms with Gasteiger partial charge in [0.1, 0.15) is 0 Å². The molecular weight excluding hydrogens is 334 g/mol. The first-order chi connectivity index (χ1) is 12.2. The van der Waals surface area contributed by atoms with Crippen molar-refractivity contribution in [2.75, 3.05) is 19.5 Å². The van der Waals surface area contributed by atoms with Gasteiger partial charge in [-0.1, -0.05) is 0 Å². The number of thiocarbonyl (C=S) groups is 1. The molecule has 4 bridgehead atoms. The van der Waals surface area contributed by atoms with E-state index in [1.165, 1.54) is 37.8 Å². The van der Waals surface area contributed by atoms with Crippen molar-refractivity contribution in [1.29, 1.82) is 0 Å².